The van der Waals surface area contributed by atoms with Crippen molar-refractivity contribution < 1.29 is 9.21 Å². The zero-order valence-corrected chi connectivity index (χ0v) is 10.9. The number of aryl methyl sites for hydroxylation is 1. The summed E-state index contributed by atoms with van der Waals surface area (Å²) in [5, 5.41) is 5.23. The molecule has 0 spiro atoms. The molecule has 0 amide bonds. The summed E-state index contributed by atoms with van der Waals surface area (Å²) in [6.07, 6.45) is 0. The number of carbonyl (C=O) groups excluding carboxylic acids is 1. The standard InChI is InChI=1S/C12H7ClN2O2S/c1-6-12(18-15-14-6)11(16)10-5-7-4-8(13)2-3-9(7)17-10/h2-5H,1H3. The highest BCUT2D eigenvalue weighted by Gasteiger charge is 2.19. The summed E-state index contributed by atoms with van der Waals surface area (Å²) in [4.78, 5) is 12.7. The van der Waals surface area contributed by atoms with Crippen LogP contribution in [0.25, 0.3) is 11.0 Å². The van der Waals surface area contributed by atoms with Gasteiger partial charge in [-0.15, -0.1) is 5.10 Å². The number of carbonyl (C=O) groups is 1. The minimum atomic E-state index is -0.199. The summed E-state index contributed by atoms with van der Waals surface area (Å²) >= 11 is 6.96. The Balaban J connectivity index is 2.10. The maximum Gasteiger partial charge on any atom is 0.241 e. The van der Waals surface area contributed by atoms with Gasteiger partial charge in [0.2, 0.25) is 5.78 Å². The van der Waals surface area contributed by atoms with E-state index in [-0.39, 0.29) is 11.5 Å². The fraction of sp³-hybridized carbons (Fsp3) is 0.0833. The molecule has 0 N–H and O–H groups in total. The van der Waals surface area contributed by atoms with Crippen LogP contribution in [0, 0.1) is 6.92 Å². The van der Waals surface area contributed by atoms with Crippen molar-refractivity contribution in [3.05, 3.63) is 45.6 Å². The van der Waals surface area contributed by atoms with Gasteiger partial charge in [-0.05, 0) is 42.7 Å². The Morgan fingerprint density at radius 3 is 2.94 bits per heavy atom. The van der Waals surface area contributed by atoms with Gasteiger partial charge in [-0.3, -0.25) is 4.79 Å². The van der Waals surface area contributed by atoms with Gasteiger partial charge in [-0.1, -0.05) is 16.1 Å². The highest BCUT2D eigenvalue weighted by molar-refractivity contribution is 7.08. The van der Waals surface area contributed by atoms with Gasteiger partial charge in [-0.2, -0.15) is 0 Å². The Labute approximate surface area is 111 Å². The Kier molecular flexibility index (Phi) is 2.65. The van der Waals surface area contributed by atoms with Gasteiger partial charge in [0.15, 0.2) is 5.76 Å². The third-order valence-electron chi connectivity index (χ3n) is 2.56. The van der Waals surface area contributed by atoms with E-state index in [4.69, 9.17) is 16.0 Å². The largest absolute Gasteiger partial charge is 0.453 e. The third kappa shape index (κ3) is 1.81. The number of fused-ring (bicyclic) bond motifs is 1. The number of furan rings is 1. The van der Waals surface area contributed by atoms with Crippen LogP contribution >= 0.6 is 23.1 Å². The Morgan fingerprint density at radius 1 is 1.39 bits per heavy atom. The highest BCUT2D eigenvalue weighted by Crippen LogP contribution is 2.25. The summed E-state index contributed by atoms with van der Waals surface area (Å²) in [6, 6.07) is 6.91. The molecule has 6 heteroatoms. The van der Waals surface area contributed by atoms with Gasteiger partial charge in [0.05, 0.1) is 5.69 Å². The highest BCUT2D eigenvalue weighted by atomic mass is 35.5. The lowest BCUT2D eigenvalue weighted by Gasteiger charge is -1.91. The van der Waals surface area contributed by atoms with E-state index < -0.39 is 0 Å². The van der Waals surface area contributed by atoms with Crippen LogP contribution in [0.15, 0.2) is 28.7 Å². The van der Waals surface area contributed by atoms with Crippen molar-refractivity contribution in [1.82, 2.24) is 9.59 Å². The first kappa shape index (κ1) is 11.4. The molecule has 3 rings (SSSR count). The lowest BCUT2D eigenvalue weighted by Crippen LogP contribution is -1.98. The number of aromatic nitrogens is 2. The second-order valence-corrected chi connectivity index (χ2v) is 5.00. The van der Waals surface area contributed by atoms with Gasteiger partial charge >= 0.3 is 0 Å². The van der Waals surface area contributed by atoms with Crippen LogP contribution in [0.2, 0.25) is 5.02 Å². The Hall–Kier alpha value is -1.72. The van der Waals surface area contributed by atoms with Crippen molar-refractivity contribution in [3.8, 4) is 0 Å². The summed E-state index contributed by atoms with van der Waals surface area (Å²) in [7, 11) is 0. The molecular formula is C12H7ClN2O2S. The van der Waals surface area contributed by atoms with E-state index in [2.05, 4.69) is 9.59 Å². The van der Waals surface area contributed by atoms with E-state index in [1.807, 2.05) is 0 Å². The first-order chi connectivity index (χ1) is 8.65. The molecule has 0 unspecified atom stereocenters. The summed E-state index contributed by atoms with van der Waals surface area (Å²) in [5.41, 5.74) is 1.25. The minimum absolute atomic E-state index is 0.199. The SMILES string of the molecule is Cc1nnsc1C(=O)c1cc2cc(Cl)ccc2o1. The van der Waals surface area contributed by atoms with Gasteiger partial charge in [0.25, 0.3) is 0 Å². The van der Waals surface area contributed by atoms with Gasteiger partial charge in [0.1, 0.15) is 10.5 Å². The molecular weight excluding hydrogens is 272 g/mol. The zero-order valence-electron chi connectivity index (χ0n) is 9.31. The molecule has 0 saturated carbocycles. The molecule has 0 atom stereocenters. The summed E-state index contributed by atoms with van der Waals surface area (Å²) < 4.78 is 9.25. The predicted octanol–water partition coefficient (Wildman–Crippen LogP) is 3.48. The van der Waals surface area contributed by atoms with Crippen molar-refractivity contribution in [2.75, 3.05) is 0 Å². The molecule has 4 nitrogen and oxygen atoms in total. The normalized spacial score (nSPS) is 11.0. The third-order valence-corrected chi connectivity index (χ3v) is 3.62. The Bertz CT molecular complexity index is 747. The maximum atomic E-state index is 12.2. The molecule has 90 valence electrons. The molecule has 0 bridgehead atoms. The van der Waals surface area contributed by atoms with E-state index in [0.717, 1.165) is 16.9 Å². The van der Waals surface area contributed by atoms with Crippen molar-refractivity contribution in [2.24, 2.45) is 0 Å². The number of rotatable bonds is 2. The van der Waals surface area contributed by atoms with Crippen LogP contribution in [0.4, 0.5) is 0 Å². The van der Waals surface area contributed by atoms with E-state index in [0.29, 0.717) is 21.2 Å². The molecule has 0 saturated heterocycles. The molecule has 0 aliphatic carbocycles. The molecule has 2 aromatic heterocycles. The average molecular weight is 279 g/mol. The molecule has 0 aliphatic rings. The lowest BCUT2D eigenvalue weighted by molar-refractivity contribution is 0.101. The van der Waals surface area contributed by atoms with Crippen LogP contribution in [0.1, 0.15) is 21.1 Å². The molecule has 3 aromatic rings. The van der Waals surface area contributed by atoms with Crippen molar-refractivity contribution in [3.63, 3.8) is 0 Å². The second-order valence-electron chi connectivity index (χ2n) is 3.81. The van der Waals surface area contributed by atoms with Crippen LogP contribution in [0.3, 0.4) is 0 Å². The molecule has 2 heterocycles. The van der Waals surface area contributed by atoms with E-state index in [1.54, 1.807) is 31.2 Å². The van der Waals surface area contributed by atoms with Gasteiger partial charge < -0.3 is 4.42 Å². The number of hydrogen-bond donors (Lipinski definition) is 0. The fourth-order valence-electron chi connectivity index (χ4n) is 1.68. The summed E-state index contributed by atoms with van der Waals surface area (Å²) in [5.74, 6) is 0.0799. The minimum Gasteiger partial charge on any atom is -0.453 e. The van der Waals surface area contributed by atoms with Crippen molar-refractivity contribution >= 4 is 39.9 Å². The fourth-order valence-corrected chi connectivity index (χ4v) is 2.46. The van der Waals surface area contributed by atoms with Crippen LogP contribution < -0.4 is 0 Å². The molecule has 0 aliphatic heterocycles. The number of ketones is 1. The van der Waals surface area contributed by atoms with Gasteiger partial charge in [0, 0.05) is 10.4 Å². The van der Waals surface area contributed by atoms with Crippen LogP contribution in [-0.4, -0.2) is 15.4 Å². The lowest BCUT2D eigenvalue weighted by atomic mass is 10.2. The van der Waals surface area contributed by atoms with E-state index in [1.165, 1.54) is 0 Å². The average Bonchev–Trinajstić information content (AvgIpc) is 2.93. The number of hydrogen-bond acceptors (Lipinski definition) is 5. The monoisotopic (exact) mass is 278 g/mol. The summed E-state index contributed by atoms with van der Waals surface area (Å²) in [6.45, 7) is 1.75. The first-order valence-corrected chi connectivity index (χ1v) is 6.33. The molecule has 18 heavy (non-hydrogen) atoms. The number of nitrogens with zero attached hydrogens (tertiary/aromatic N) is 2. The number of halogens is 1. The molecule has 0 fully saturated rings. The first-order valence-electron chi connectivity index (χ1n) is 5.18. The smallest absolute Gasteiger partial charge is 0.241 e. The predicted molar refractivity (Wildman–Crippen MR) is 69.3 cm³/mol. The molecule has 1 aromatic carbocycles. The van der Waals surface area contributed by atoms with E-state index >= 15 is 0 Å². The maximum absolute atomic E-state index is 12.2. The van der Waals surface area contributed by atoms with Crippen molar-refractivity contribution in [1.29, 1.82) is 0 Å². The topological polar surface area (TPSA) is 56.0 Å². The quantitative estimate of drug-likeness (QED) is 0.674. The second kappa shape index (κ2) is 4.19. The molecule has 0 radical (unpaired) electrons. The van der Waals surface area contributed by atoms with Crippen LogP contribution in [0.5, 0.6) is 0 Å². The zero-order chi connectivity index (χ0) is 12.7. The van der Waals surface area contributed by atoms with E-state index in [9.17, 15) is 4.79 Å². The number of benzene rings is 1. The van der Waals surface area contributed by atoms with Gasteiger partial charge in [-0.25, -0.2) is 0 Å². The van der Waals surface area contributed by atoms with Crippen molar-refractivity contribution in [2.45, 2.75) is 6.92 Å². The van der Waals surface area contributed by atoms with Crippen LogP contribution in [-0.2, 0) is 0 Å². The Morgan fingerprint density at radius 2 is 2.22 bits per heavy atom.